The first-order valence-corrected chi connectivity index (χ1v) is 2.90. The van der Waals surface area contributed by atoms with Crippen LogP contribution in [0.5, 0.6) is 0 Å². The molecule has 0 aliphatic heterocycles. The van der Waals surface area contributed by atoms with Crippen molar-refractivity contribution in [3.8, 4) is 0 Å². The second kappa shape index (κ2) is 4.13. The highest BCUT2D eigenvalue weighted by Crippen LogP contribution is 1.94. The molecule has 0 N–H and O–H groups in total. The fourth-order valence-electron chi connectivity index (χ4n) is 0.369. The number of carbonyl (C=O) groups excluding carboxylic acids is 1. The van der Waals surface area contributed by atoms with Crippen LogP contribution in [0.4, 0.5) is 0 Å². The molecule has 0 aromatic carbocycles. The molecule has 0 aliphatic carbocycles. The minimum Gasteiger partial charge on any atom is -0.466 e. The molecule has 0 saturated heterocycles. The second-order valence-electron chi connectivity index (χ2n) is 2.05. The molecule has 0 heterocycles. The summed E-state index contributed by atoms with van der Waals surface area (Å²) < 4.78 is 4.65. The molecule has 0 aliphatic rings. The minimum atomic E-state index is -0.226. The van der Waals surface area contributed by atoms with Crippen molar-refractivity contribution in [3.63, 3.8) is 0 Å². The lowest BCUT2D eigenvalue weighted by atomic mass is 10.3. The van der Waals surface area contributed by atoms with Crippen molar-refractivity contribution in [2.75, 3.05) is 6.61 Å². The van der Waals surface area contributed by atoms with Gasteiger partial charge in [-0.25, -0.2) is 0 Å². The van der Waals surface area contributed by atoms with Gasteiger partial charge in [0.15, 0.2) is 0 Å². The van der Waals surface area contributed by atoms with Gasteiger partial charge in [0.1, 0.15) is 0 Å². The van der Waals surface area contributed by atoms with Crippen molar-refractivity contribution < 1.29 is 9.53 Å². The molecule has 0 atom stereocenters. The van der Waals surface area contributed by atoms with Crippen LogP contribution in [0.25, 0.3) is 0 Å². The van der Waals surface area contributed by atoms with E-state index in [-0.39, 0.29) is 5.97 Å². The average molecular weight is 128 g/mol. The summed E-state index contributed by atoms with van der Waals surface area (Å²) in [5.41, 5.74) is 1.04. The maximum Gasteiger partial charge on any atom is 0.302 e. The highest BCUT2D eigenvalue weighted by molar-refractivity contribution is 5.65. The van der Waals surface area contributed by atoms with Gasteiger partial charge in [0.25, 0.3) is 0 Å². The second-order valence-corrected chi connectivity index (χ2v) is 2.05. The van der Waals surface area contributed by atoms with Crippen LogP contribution in [0.15, 0.2) is 12.2 Å². The molecule has 0 unspecified atom stereocenters. The summed E-state index contributed by atoms with van der Waals surface area (Å²) in [6.45, 7) is 7.43. The summed E-state index contributed by atoms with van der Waals surface area (Å²) in [6, 6.07) is 0. The molecule has 0 rings (SSSR count). The maximum absolute atomic E-state index is 10.2. The standard InChI is InChI=1S/C7H12O2/c1-6(2)4-5-9-7(3)8/h1,4-5H2,2-3H3. The predicted octanol–water partition coefficient (Wildman–Crippen LogP) is 1.52. The van der Waals surface area contributed by atoms with Gasteiger partial charge >= 0.3 is 5.97 Å². The minimum absolute atomic E-state index is 0.226. The topological polar surface area (TPSA) is 26.3 Å². The number of hydrogen-bond donors (Lipinski definition) is 0. The van der Waals surface area contributed by atoms with Crippen LogP contribution in [-0.2, 0) is 9.53 Å². The van der Waals surface area contributed by atoms with E-state index in [0.717, 1.165) is 12.0 Å². The van der Waals surface area contributed by atoms with Crippen LogP contribution in [0.1, 0.15) is 20.3 Å². The van der Waals surface area contributed by atoms with Crippen LogP contribution >= 0.6 is 0 Å². The highest BCUT2D eigenvalue weighted by atomic mass is 16.5. The molecule has 0 amide bonds. The number of esters is 1. The van der Waals surface area contributed by atoms with Gasteiger partial charge in [-0.1, -0.05) is 5.57 Å². The first-order valence-electron chi connectivity index (χ1n) is 2.90. The number of ether oxygens (including phenoxy) is 1. The van der Waals surface area contributed by atoms with E-state index in [4.69, 9.17) is 0 Å². The van der Waals surface area contributed by atoms with Crippen LogP contribution in [0.3, 0.4) is 0 Å². The monoisotopic (exact) mass is 128 g/mol. The van der Waals surface area contributed by atoms with Crippen LogP contribution in [0, 0.1) is 0 Å². The van der Waals surface area contributed by atoms with Gasteiger partial charge in [-0.15, -0.1) is 6.58 Å². The zero-order chi connectivity index (χ0) is 7.28. The summed E-state index contributed by atoms with van der Waals surface area (Å²) >= 11 is 0. The van der Waals surface area contributed by atoms with E-state index in [2.05, 4.69) is 11.3 Å². The third kappa shape index (κ3) is 7.21. The molecule has 2 nitrogen and oxygen atoms in total. The Hall–Kier alpha value is -0.790. The molecule has 0 spiro atoms. The van der Waals surface area contributed by atoms with Crippen LogP contribution in [0.2, 0.25) is 0 Å². The van der Waals surface area contributed by atoms with E-state index < -0.39 is 0 Å². The first-order chi connectivity index (χ1) is 4.13. The Labute approximate surface area is 55.5 Å². The molecule has 52 valence electrons. The van der Waals surface area contributed by atoms with Crippen molar-refractivity contribution in [1.29, 1.82) is 0 Å². The molecule has 0 saturated carbocycles. The molecular formula is C7H12O2. The number of carbonyl (C=O) groups is 1. The SMILES string of the molecule is C=C(C)CCOC(C)=O. The largest absolute Gasteiger partial charge is 0.466 e. The smallest absolute Gasteiger partial charge is 0.302 e. The van der Waals surface area contributed by atoms with Crippen molar-refractivity contribution in [3.05, 3.63) is 12.2 Å². The van der Waals surface area contributed by atoms with Gasteiger partial charge in [-0.05, 0) is 6.92 Å². The van der Waals surface area contributed by atoms with Crippen molar-refractivity contribution >= 4 is 5.97 Å². The molecular weight excluding hydrogens is 116 g/mol. The third-order valence-electron chi connectivity index (χ3n) is 0.834. The van der Waals surface area contributed by atoms with E-state index in [9.17, 15) is 4.79 Å². The Morgan fingerprint density at radius 1 is 1.56 bits per heavy atom. The van der Waals surface area contributed by atoms with Crippen molar-refractivity contribution in [2.24, 2.45) is 0 Å². The maximum atomic E-state index is 10.2. The van der Waals surface area contributed by atoms with E-state index >= 15 is 0 Å². The fraction of sp³-hybridized carbons (Fsp3) is 0.571. The van der Waals surface area contributed by atoms with Crippen molar-refractivity contribution in [2.45, 2.75) is 20.3 Å². The van der Waals surface area contributed by atoms with E-state index in [1.807, 2.05) is 6.92 Å². The molecule has 0 fully saturated rings. The Kier molecular flexibility index (Phi) is 3.76. The summed E-state index contributed by atoms with van der Waals surface area (Å²) in [5.74, 6) is -0.226. The lowest BCUT2D eigenvalue weighted by Gasteiger charge is -1.98. The van der Waals surface area contributed by atoms with Gasteiger partial charge in [0.2, 0.25) is 0 Å². The fourth-order valence-corrected chi connectivity index (χ4v) is 0.369. The molecule has 0 bridgehead atoms. The Morgan fingerprint density at radius 2 is 2.11 bits per heavy atom. The van der Waals surface area contributed by atoms with Gasteiger partial charge in [-0.2, -0.15) is 0 Å². The molecule has 2 heteroatoms. The predicted molar refractivity (Wildman–Crippen MR) is 36.1 cm³/mol. The lowest BCUT2D eigenvalue weighted by molar-refractivity contribution is -0.140. The van der Waals surface area contributed by atoms with E-state index in [1.54, 1.807) is 0 Å². The number of hydrogen-bond acceptors (Lipinski definition) is 2. The molecule has 9 heavy (non-hydrogen) atoms. The average Bonchev–Trinajstić information content (AvgIpc) is 1.63. The highest BCUT2D eigenvalue weighted by Gasteiger charge is 1.90. The number of rotatable bonds is 3. The molecule has 0 radical (unpaired) electrons. The molecule has 0 aromatic rings. The van der Waals surface area contributed by atoms with Crippen molar-refractivity contribution in [1.82, 2.24) is 0 Å². The lowest BCUT2D eigenvalue weighted by Crippen LogP contribution is -1.99. The van der Waals surface area contributed by atoms with Gasteiger partial charge in [0, 0.05) is 13.3 Å². The quantitative estimate of drug-likeness (QED) is 0.425. The Morgan fingerprint density at radius 3 is 2.44 bits per heavy atom. The van der Waals surface area contributed by atoms with E-state index in [1.165, 1.54) is 6.92 Å². The first kappa shape index (κ1) is 8.21. The summed E-state index contributed by atoms with van der Waals surface area (Å²) in [6.07, 6.45) is 0.763. The Balaban J connectivity index is 3.10. The van der Waals surface area contributed by atoms with Crippen LogP contribution < -0.4 is 0 Å². The van der Waals surface area contributed by atoms with E-state index in [0.29, 0.717) is 6.61 Å². The van der Waals surface area contributed by atoms with Gasteiger partial charge in [-0.3, -0.25) is 4.79 Å². The normalized spacial score (nSPS) is 8.67. The summed E-state index contributed by atoms with van der Waals surface area (Å²) in [7, 11) is 0. The summed E-state index contributed by atoms with van der Waals surface area (Å²) in [4.78, 5) is 10.2. The zero-order valence-electron chi connectivity index (χ0n) is 5.94. The van der Waals surface area contributed by atoms with Gasteiger partial charge < -0.3 is 4.74 Å². The summed E-state index contributed by atoms with van der Waals surface area (Å²) in [5, 5.41) is 0. The Bertz CT molecular complexity index is 102. The third-order valence-corrected chi connectivity index (χ3v) is 0.834. The molecule has 0 aromatic heterocycles. The zero-order valence-corrected chi connectivity index (χ0v) is 5.94. The van der Waals surface area contributed by atoms with Gasteiger partial charge in [0.05, 0.1) is 6.61 Å². The van der Waals surface area contributed by atoms with Crippen LogP contribution in [-0.4, -0.2) is 12.6 Å².